The normalized spacial score (nSPS) is 25.9. The van der Waals surface area contributed by atoms with Crippen LogP contribution in [0.5, 0.6) is 0 Å². The molecule has 4 heteroatoms. The predicted molar refractivity (Wildman–Crippen MR) is 78.0 cm³/mol. The Balaban J connectivity index is 1.79. The summed E-state index contributed by atoms with van der Waals surface area (Å²) in [5.74, 6) is 0.933. The summed E-state index contributed by atoms with van der Waals surface area (Å²) in [5, 5.41) is 3.67. The summed E-state index contributed by atoms with van der Waals surface area (Å²) < 4.78 is 2.37. The monoisotopic (exact) mass is 365 g/mol. The van der Waals surface area contributed by atoms with Gasteiger partial charge in [-0.2, -0.15) is 0 Å². The van der Waals surface area contributed by atoms with Crippen LogP contribution in [0.2, 0.25) is 0 Å². The molecule has 1 fully saturated rings. The van der Waals surface area contributed by atoms with E-state index in [9.17, 15) is 0 Å². The molecule has 0 amide bonds. The Bertz CT molecular complexity index is 323. The van der Waals surface area contributed by atoms with Crippen molar-refractivity contribution in [3.8, 4) is 0 Å². The van der Waals surface area contributed by atoms with E-state index in [4.69, 9.17) is 0 Å². The lowest BCUT2D eigenvalue weighted by Gasteiger charge is -2.26. The number of thiophene rings is 1. The van der Waals surface area contributed by atoms with Crippen molar-refractivity contribution in [2.45, 2.75) is 45.2 Å². The van der Waals surface area contributed by atoms with Crippen LogP contribution in [0.25, 0.3) is 0 Å². The fraction of sp³-hybridized carbons (Fsp3) is 0.667. The lowest BCUT2D eigenvalue weighted by atomic mass is 9.87. The first kappa shape index (κ1) is 13.1. The third-order valence-electron chi connectivity index (χ3n) is 3.28. The van der Waals surface area contributed by atoms with Crippen LogP contribution in [0.4, 0.5) is 0 Å². The second kappa shape index (κ2) is 5.98. The highest BCUT2D eigenvalue weighted by Crippen LogP contribution is 2.32. The summed E-state index contributed by atoms with van der Waals surface area (Å²) in [4.78, 5) is 1.40. The Labute approximate surface area is 118 Å². The van der Waals surface area contributed by atoms with Crippen LogP contribution < -0.4 is 5.32 Å². The minimum absolute atomic E-state index is 0.732. The van der Waals surface area contributed by atoms with Crippen LogP contribution in [0, 0.1) is 5.92 Å². The molecule has 1 nitrogen and oxygen atoms in total. The molecule has 1 N–H and O–H groups in total. The van der Waals surface area contributed by atoms with Crippen LogP contribution >= 0.6 is 43.2 Å². The highest BCUT2D eigenvalue weighted by atomic mass is 79.9. The zero-order valence-corrected chi connectivity index (χ0v) is 13.4. The molecule has 90 valence electrons. The van der Waals surface area contributed by atoms with Gasteiger partial charge in [0, 0.05) is 21.9 Å². The van der Waals surface area contributed by atoms with Gasteiger partial charge in [0.15, 0.2) is 0 Å². The van der Waals surface area contributed by atoms with Gasteiger partial charge in [0.1, 0.15) is 0 Å². The van der Waals surface area contributed by atoms with Gasteiger partial charge in [-0.1, -0.05) is 6.92 Å². The first-order valence-electron chi connectivity index (χ1n) is 5.82. The molecule has 1 aliphatic carbocycles. The van der Waals surface area contributed by atoms with E-state index in [1.54, 1.807) is 0 Å². The van der Waals surface area contributed by atoms with Gasteiger partial charge in [0.25, 0.3) is 0 Å². The van der Waals surface area contributed by atoms with Gasteiger partial charge in [0.05, 0.1) is 3.79 Å². The molecular weight excluding hydrogens is 350 g/mol. The summed E-state index contributed by atoms with van der Waals surface area (Å²) in [5.41, 5.74) is 0. The first-order chi connectivity index (χ1) is 7.65. The maximum Gasteiger partial charge on any atom is 0.0843 e. The van der Waals surface area contributed by atoms with Crippen molar-refractivity contribution < 1.29 is 0 Å². The Kier molecular flexibility index (Phi) is 4.89. The van der Waals surface area contributed by atoms with Gasteiger partial charge in [0.2, 0.25) is 0 Å². The molecule has 2 rings (SSSR count). The van der Waals surface area contributed by atoms with Crippen LogP contribution in [0.15, 0.2) is 14.3 Å². The predicted octanol–water partition coefficient (Wildman–Crippen LogP) is 4.94. The smallest absolute Gasteiger partial charge is 0.0843 e. The van der Waals surface area contributed by atoms with Crippen molar-refractivity contribution in [2.75, 3.05) is 0 Å². The Morgan fingerprint density at radius 3 is 2.56 bits per heavy atom. The average molecular weight is 367 g/mol. The summed E-state index contributed by atoms with van der Waals surface area (Å²) in [6, 6.07) is 2.93. The van der Waals surface area contributed by atoms with E-state index in [-0.39, 0.29) is 0 Å². The molecule has 0 bridgehead atoms. The van der Waals surface area contributed by atoms with Crippen molar-refractivity contribution in [2.24, 2.45) is 5.92 Å². The van der Waals surface area contributed by atoms with Gasteiger partial charge in [-0.3, -0.25) is 0 Å². The van der Waals surface area contributed by atoms with Crippen LogP contribution in [-0.2, 0) is 6.54 Å². The molecule has 0 radical (unpaired) electrons. The summed E-state index contributed by atoms with van der Waals surface area (Å²) in [6.45, 7) is 3.37. The largest absolute Gasteiger partial charge is 0.309 e. The zero-order valence-electron chi connectivity index (χ0n) is 9.43. The SMILES string of the molecule is CC1CCC(NCc2cc(Br)c(Br)s2)CC1. The molecule has 0 spiro atoms. The van der Waals surface area contributed by atoms with E-state index in [0.717, 1.165) is 18.5 Å². The Morgan fingerprint density at radius 1 is 1.31 bits per heavy atom. The summed E-state index contributed by atoms with van der Waals surface area (Å²) in [6.07, 6.45) is 5.45. The van der Waals surface area contributed by atoms with E-state index in [1.165, 1.54) is 38.8 Å². The number of rotatable bonds is 3. The minimum atomic E-state index is 0.732. The number of nitrogens with one attached hydrogen (secondary N) is 1. The molecular formula is C12H17Br2NS. The third-order valence-corrected chi connectivity index (χ3v) is 6.53. The Morgan fingerprint density at radius 2 is 2.00 bits per heavy atom. The van der Waals surface area contributed by atoms with E-state index < -0.39 is 0 Å². The van der Waals surface area contributed by atoms with Crippen molar-refractivity contribution in [3.63, 3.8) is 0 Å². The second-order valence-corrected chi connectivity index (χ2v) is 7.98. The first-order valence-corrected chi connectivity index (χ1v) is 8.22. The fourth-order valence-corrected chi connectivity index (χ4v) is 4.32. The second-order valence-electron chi connectivity index (χ2n) is 4.67. The average Bonchev–Trinajstić information content (AvgIpc) is 2.58. The summed E-state index contributed by atoms with van der Waals surface area (Å²) >= 11 is 8.87. The number of hydrogen-bond donors (Lipinski definition) is 1. The number of hydrogen-bond acceptors (Lipinski definition) is 2. The lowest BCUT2D eigenvalue weighted by Crippen LogP contribution is -2.31. The molecule has 16 heavy (non-hydrogen) atoms. The molecule has 0 aromatic carbocycles. The maximum absolute atomic E-state index is 3.67. The number of halogens is 2. The molecule has 0 atom stereocenters. The minimum Gasteiger partial charge on any atom is -0.309 e. The van der Waals surface area contributed by atoms with Crippen LogP contribution in [0.1, 0.15) is 37.5 Å². The van der Waals surface area contributed by atoms with Gasteiger partial charge >= 0.3 is 0 Å². The van der Waals surface area contributed by atoms with Crippen molar-refractivity contribution in [1.29, 1.82) is 0 Å². The fourth-order valence-electron chi connectivity index (χ4n) is 2.19. The Hall–Kier alpha value is 0.620. The van der Waals surface area contributed by atoms with Crippen molar-refractivity contribution >= 4 is 43.2 Å². The zero-order chi connectivity index (χ0) is 11.5. The summed E-state index contributed by atoms with van der Waals surface area (Å²) in [7, 11) is 0. The molecule has 0 unspecified atom stereocenters. The van der Waals surface area contributed by atoms with Crippen LogP contribution in [-0.4, -0.2) is 6.04 Å². The van der Waals surface area contributed by atoms with E-state index in [2.05, 4.69) is 50.2 Å². The lowest BCUT2D eigenvalue weighted by molar-refractivity contribution is 0.307. The van der Waals surface area contributed by atoms with Crippen LogP contribution in [0.3, 0.4) is 0 Å². The third kappa shape index (κ3) is 3.56. The van der Waals surface area contributed by atoms with E-state index in [1.807, 2.05) is 11.3 Å². The standard InChI is InChI=1S/C12H17Br2NS/c1-8-2-4-9(5-3-8)15-7-10-6-11(13)12(14)16-10/h6,8-9,15H,2-5,7H2,1H3. The molecule has 1 aromatic rings. The molecule has 1 aromatic heterocycles. The van der Waals surface area contributed by atoms with E-state index in [0.29, 0.717) is 0 Å². The highest BCUT2D eigenvalue weighted by molar-refractivity contribution is 9.13. The van der Waals surface area contributed by atoms with E-state index >= 15 is 0 Å². The van der Waals surface area contributed by atoms with Crippen molar-refractivity contribution in [1.82, 2.24) is 5.32 Å². The van der Waals surface area contributed by atoms with Gasteiger partial charge in [-0.25, -0.2) is 0 Å². The van der Waals surface area contributed by atoms with Gasteiger partial charge in [-0.15, -0.1) is 11.3 Å². The van der Waals surface area contributed by atoms with Crippen molar-refractivity contribution in [3.05, 3.63) is 19.2 Å². The topological polar surface area (TPSA) is 12.0 Å². The maximum atomic E-state index is 3.67. The molecule has 1 heterocycles. The molecule has 0 saturated heterocycles. The van der Waals surface area contributed by atoms with Gasteiger partial charge in [-0.05, 0) is 69.5 Å². The molecule has 1 saturated carbocycles. The molecule has 1 aliphatic rings. The highest BCUT2D eigenvalue weighted by Gasteiger charge is 2.17. The quantitative estimate of drug-likeness (QED) is 0.798. The van der Waals surface area contributed by atoms with Gasteiger partial charge < -0.3 is 5.32 Å². The molecule has 0 aliphatic heterocycles.